The minimum atomic E-state index is 1.26. The lowest BCUT2D eigenvalue weighted by Gasteiger charge is -2.18. The van der Waals surface area contributed by atoms with Crippen molar-refractivity contribution < 1.29 is 0 Å². The number of hydrogen-bond acceptors (Lipinski definition) is 2. The van der Waals surface area contributed by atoms with E-state index in [0.29, 0.717) is 0 Å². The van der Waals surface area contributed by atoms with Crippen molar-refractivity contribution in [3.05, 3.63) is 133 Å². The summed E-state index contributed by atoms with van der Waals surface area (Å²) in [4.78, 5) is 0. The third kappa shape index (κ3) is 3.12. The molecule has 9 rings (SSSR count). The van der Waals surface area contributed by atoms with Crippen molar-refractivity contribution in [2.45, 2.75) is 0 Å². The molecule has 2 aromatic heterocycles. The maximum atomic E-state index is 2.46. The first kappa shape index (κ1) is 22.3. The van der Waals surface area contributed by atoms with Gasteiger partial charge in [-0.25, -0.2) is 0 Å². The molecule has 0 aliphatic rings. The van der Waals surface area contributed by atoms with Crippen LogP contribution in [0.1, 0.15) is 0 Å². The van der Waals surface area contributed by atoms with Gasteiger partial charge in [-0.2, -0.15) is 0 Å². The molecule has 7 aromatic carbocycles. The molecule has 186 valence electrons. The Hall–Kier alpha value is -4.50. The summed E-state index contributed by atoms with van der Waals surface area (Å²) < 4.78 is 4.07. The first-order valence-electron chi connectivity index (χ1n) is 13.6. The van der Waals surface area contributed by atoms with Gasteiger partial charge >= 0.3 is 0 Å². The van der Waals surface area contributed by atoms with Gasteiger partial charge in [-0.05, 0) is 78.7 Å². The van der Waals surface area contributed by atoms with E-state index in [9.17, 15) is 0 Å². The Morgan fingerprint density at radius 2 is 1.05 bits per heavy atom. The van der Waals surface area contributed by atoms with Crippen LogP contribution < -0.4 is 0 Å². The van der Waals surface area contributed by atoms with Crippen LogP contribution in [0, 0.1) is 0 Å². The maximum absolute atomic E-state index is 2.46. The fourth-order valence-electron chi connectivity index (χ4n) is 6.62. The van der Waals surface area contributed by atoms with E-state index in [1.54, 1.807) is 0 Å². The zero-order chi connectivity index (χ0) is 26.2. The SMILES string of the molecule is c1ccc2cc(-c3c4ccccc4c(-c4cc5sc6ccccc6c5c5ccsc45)c4ccccc34)ccc2c1. The van der Waals surface area contributed by atoms with Gasteiger partial charge in [-0.3, -0.25) is 0 Å². The van der Waals surface area contributed by atoms with Gasteiger partial charge in [0.1, 0.15) is 0 Å². The molecule has 0 saturated heterocycles. The maximum Gasteiger partial charge on any atom is 0.0428 e. The van der Waals surface area contributed by atoms with Gasteiger partial charge in [0.25, 0.3) is 0 Å². The lowest BCUT2D eigenvalue weighted by molar-refractivity contribution is 1.70. The van der Waals surface area contributed by atoms with E-state index >= 15 is 0 Å². The Morgan fingerprint density at radius 3 is 1.80 bits per heavy atom. The van der Waals surface area contributed by atoms with Crippen LogP contribution in [0.2, 0.25) is 0 Å². The van der Waals surface area contributed by atoms with E-state index in [0.717, 1.165) is 0 Å². The van der Waals surface area contributed by atoms with Crippen LogP contribution in [-0.4, -0.2) is 0 Å². The molecule has 0 amide bonds. The molecular formula is C38H22S2. The van der Waals surface area contributed by atoms with Gasteiger partial charge in [-0.15, -0.1) is 22.7 Å². The molecule has 40 heavy (non-hydrogen) atoms. The predicted molar refractivity (Wildman–Crippen MR) is 178 cm³/mol. The van der Waals surface area contributed by atoms with Crippen LogP contribution in [0.15, 0.2) is 133 Å². The summed E-state index contributed by atoms with van der Waals surface area (Å²) in [5, 5.41) is 14.1. The van der Waals surface area contributed by atoms with Gasteiger partial charge in [0, 0.05) is 35.8 Å². The van der Waals surface area contributed by atoms with Crippen LogP contribution in [0.5, 0.6) is 0 Å². The van der Waals surface area contributed by atoms with E-state index in [-0.39, 0.29) is 0 Å². The van der Waals surface area contributed by atoms with Gasteiger partial charge in [0.15, 0.2) is 0 Å². The predicted octanol–water partition coefficient (Wildman–Crippen LogP) is 12.1. The van der Waals surface area contributed by atoms with Gasteiger partial charge < -0.3 is 0 Å². The minimum absolute atomic E-state index is 1.26. The summed E-state index contributed by atoms with van der Waals surface area (Å²) in [5.41, 5.74) is 5.24. The molecule has 2 heteroatoms. The van der Waals surface area contributed by atoms with Gasteiger partial charge in [-0.1, -0.05) is 103 Å². The molecule has 0 radical (unpaired) electrons. The third-order valence-corrected chi connectivity index (χ3v) is 10.4. The topological polar surface area (TPSA) is 0 Å². The van der Waals surface area contributed by atoms with E-state index in [2.05, 4.69) is 133 Å². The van der Waals surface area contributed by atoms with Crippen LogP contribution in [0.4, 0.5) is 0 Å². The Balaban J connectivity index is 1.44. The normalized spacial score (nSPS) is 12.0. The Labute approximate surface area is 239 Å². The minimum Gasteiger partial charge on any atom is -0.143 e. The van der Waals surface area contributed by atoms with Crippen molar-refractivity contribution in [2.24, 2.45) is 0 Å². The molecule has 0 bridgehead atoms. The second-order valence-corrected chi connectivity index (χ2v) is 12.5. The molecule has 0 fully saturated rings. The summed E-state index contributed by atoms with van der Waals surface area (Å²) >= 11 is 3.76. The van der Waals surface area contributed by atoms with E-state index in [4.69, 9.17) is 0 Å². The molecule has 0 atom stereocenters. The molecule has 0 saturated carbocycles. The highest BCUT2D eigenvalue weighted by atomic mass is 32.1. The standard InChI is InChI=1S/C38H22S2/c1-2-10-24-21-25(18-17-23(24)9-1)35-26-11-3-5-13-28(26)36(29-14-6-4-12-27(29)35)32-22-34-37(31-19-20-39-38(31)32)30-15-7-8-16-33(30)40-34/h1-22H. The first-order valence-corrected chi connectivity index (χ1v) is 15.3. The molecular weight excluding hydrogens is 521 g/mol. The highest BCUT2D eigenvalue weighted by Crippen LogP contribution is 2.49. The van der Waals surface area contributed by atoms with Crippen molar-refractivity contribution in [1.82, 2.24) is 0 Å². The van der Waals surface area contributed by atoms with Crippen LogP contribution in [-0.2, 0) is 0 Å². The fourth-order valence-corrected chi connectivity index (χ4v) is 8.70. The highest BCUT2D eigenvalue weighted by molar-refractivity contribution is 7.26. The Kier molecular flexibility index (Phi) is 4.74. The second kappa shape index (κ2) is 8.50. The Bertz CT molecular complexity index is 2380. The van der Waals surface area contributed by atoms with Gasteiger partial charge in [0.05, 0.1) is 0 Å². The zero-order valence-corrected chi connectivity index (χ0v) is 23.2. The number of fused-ring (bicyclic) bond motifs is 8. The third-order valence-electron chi connectivity index (χ3n) is 8.32. The average Bonchev–Trinajstić information content (AvgIpc) is 3.64. The molecule has 0 nitrogen and oxygen atoms in total. The lowest BCUT2D eigenvalue weighted by atomic mass is 9.85. The summed E-state index contributed by atoms with van der Waals surface area (Å²) in [6, 6.07) is 47.1. The zero-order valence-electron chi connectivity index (χ0n) is 21.5. The number of hydrogen-bond donors (Lipinski definition) is 0. The van der Waals surface area contributed by atoms with E-state index in [1.807, 2.05) is 22.7 Å². The second-order valence-electron chi connectivity index (χ2n) is 10.5. The van der Waals surface area contributed by atoms with Crippen molar-refractivity contribution in [2.75, 3.05) is 0 Å². The summed E-state index contributed by atoms with van der Waals surface area (Å²) in [6.07, 6.45) is 0. The van der Waals surface area contributed by atoms with Crippen molar-refractivity contribution in [3.8, 4) is 22.3 Å². The van der Waals surface area contributed by atoms with Crippen LogP contribution in [0.25, 0.3) is 84.8 Å². The number of thiophene rings is 2. The molecule has 0 unspecified atom stereocenters. The Morgan fingerprint density at radius 1 is 0.425 bits per heavy atom. The summed E-state index contributed by atoms with van der Waals surface area (Å²) in [5.74, 6) is 0. The summed E-state index contributed by atoms with van der Waals surface area (Å²) in [6.45, 7) is 0. The first-order chi connectivity index (χ1) is 19.8. The average molecular weight is 543 g/mol. The van der Waals surface area contributed by atoms with E-state index < -0.39 is 0 Å². The smallest absolute Gasteiger partial charge is 0.0428 e. The van der Waals surface area contributed by atoms with Crippen molar-refractivity contribution in [3.63, 3.8) is 0 Å². The molecule has 0 N–H and O–H groups in total. The molecule has 2 heterocycles. The van der Waals surface area contributed by atoms with Crippen LogP contribution >= 0.6 is 22.7 Å². The van der Waals surface area contributed by atoms with Crippen molar-refractivity contribution >= 4 is 85.2 Å². The molecule has 9 aromatic rings. The molecule has 0 aliphatic carbocycles. The number of benzene rings is 7. The monoisotopic (exact) mass is 542 g/mol. The molecule has 0 aliphatic heterocycles. The quantitative estimate of drug-likeness (QED) is 0.191. The fraction of sp³-hybridized carbons (Fsp3) is 0. The van der Waals surface area contributed by atoms with Gasteiger partial charge in [0.2, 0.25) is 0 Å². The lowest BCUT2D eigenvalue weighted by Crippen LogP contribution is -1.91. The number of rotatable bonds is 2. The highest BCUT2D eigenvalue weighted by Gasteiger charge is 2.20. The van der Waals surface area contributed by atoms with Crippen molar-refractivity contribution in [1.29, 1.82) is 0 Å². The molecule has 0 spiro atoms. The summed E-state index contributed by atoms with van der Waals surface area (Å²) in [7, 11) is 0. The van der Waals surface area contributed by atoms with E-state index in [1.165, 1.54) is 84.8 Å². The largest absolute Gasteiger partial charge is 0.143 e. The van der Waals surface area contributed by atoms with Crippen LogP contribution in [0.3, 0.4) is 0 Å².